The van der Waals surface area contributed by atoms with Crippen LogP contribution in [0.25, 0.3) is 10.2 Å². The number of carbonyl (C=O) groups is 1. The molecule has 0 radical (unpaired) electrons. The van der Waals surface area contributed by atoms with Gasteiger partial charge in [0.05, 0.1) is 21.7 Å². The summed E-state index contributed by atoms with van der Waals surface area (Å²) in [6, 6.07) is 9.71. The molecule has 3 rings (SSSR count). The SMILES string of the molecule is CCOC(=O)Cn1/c(=N/S(=O)(=O)c2ccc(Cl)cc2)sc2c(C)cc(C)cc21. The molecule has 2 aromatic carbocycles. The molecule has 0 saturated heterocycles. The lowest BCUT2D eigenvalue weighted by molar-refractivity contribution is -0.143. The Kier molecular flexibility index (Phi) is 5.92. The van der Waals surface area contributed by atoms with E-state index in [-0.39, 0.29) is 22.8 Å². The van der Waals surface area contributed by atoms with Crippen LogP contribution in [0.15, 0.2) is 45.7 Å². The van der Waals surface area contributed by atoms with Crippen LogP contribution in [0.2, 0.25) is 5.02 Å². The molecule has 3 aromatic rings. The molecule has 0 spiro atoms. The first kappa shape index (κ1) is 20.6. The highest BCUT2D eigenvalue weighted by Crippen LogP contribution is 2.24. The molecule has 0 aliphatic rings. The zero-order valence-electron chi connectivity index (χ0n) is 15.6. The minimum atomic E-state index is -3.97. The third-order valence-corrected chi connectivity index (χ3v) is 6.89. The number of hydrogen-bond acceptors (Lipinski definition) is 5. The molecule has 0 atom stereocenters. The number of benzene rings is 2. The van der Waals surface area contributed by atoms with Crippen molar-refractivity contribution in [2.45, 2.75) is 32.2 Å². The Bertz CT molecular complexity index is 1210. The van der Waals surface area contributed by atoms with Crippen molar-refractivity contribution in [3.8, 4) is 0 Å². The van der Waals surface area contributed by atoms with Gasteiger partial charge in [0.15, 0.2) is 0 Å². The Balaban J connectivity index is 2.24. The third-order valence-electron chi connectivity index (χ3n) is 4.02. The minimum Gasteiger partial charge on any atom is -0.465 e. The summed E-state index contributed by atoms with van der Waals surface area (Å²) >= 11 is 7.07. The number of hydrogen-bond donors (Lipinski definition) is 0. The molecular formula is C19H19ClN2O4S2. The number of ether oxygens (including phenoxy) is 1. The molecule has 0 amide bonds. The molecule has 0 aliphatic heterocycles. The highest BCUT2D eigenvalue weighted by atomic mass is 35.5. The van der Waals surface area contributed by atoms with Gasteiger partial charge in [0.1, 0.15) is 6.54 Å². The maximum Gasteiger partial charge on any atom is 0.326 e. The molecule has 6 nitrogen and oxygen atoms in total. The fourth-order valence-corrected chi connectivity index (χ4v) is 5.24. The molecule has 0 bridgehead atoms. The van der Waals surface area contributed by atoms with Crippen LogP contribution in [0.5, 0.6) is 0 Å². The van der Waals surface area contributed by atoms with Gasteiger partial charge >= 0.3 is 5.97 Å². The highest BCUT2D eigenvalue weighted by Gasteiger charge is 2.17. The number of esters is 1. The molecule has 28 heavy (non-hydrogen) atoms. The van der Waals surface area contributed by atoms with Crippen molar-refractivity contribution >= 4 is 49.1 Å². The standard InChI is InChI=1S/C19H19ClN2O4S2/c1-4-26-17(23)11-22-16-10-12(2)9-13(3)18(16)27-19(22)21-28(24,25)15-7-5-14(20)6-8-15/h5-10H,4,11H2,1-3H3/b21-19-. The van der Waals surface area contributed by atoms with E-state index in [1.165, 1.54) is 35.6 Å². The molecule has 148 valence electrons. The lowest BCUT2D eigenvalue weighted by Gasteiger charge is -2.06. The van der Waals surface area contributed by atoms with E-state index in [2.05, 4.69) is 4.40 Å². The van der Waals surface area contributed by atoms with Crippen LogP contribution in [0.3, 0.4) is 0 Å². The van der Waals surface area contributed by atoms with Crippen molar-refractivity contribution in [2.24, 2.45) is 4.40 Å². The van der Waals surface area contributed by atoms with Gasteiger partial charge in [0.25, 0.3) is 10.0 Å². The van der Waals surface area contributed by atoms with Crippen LogP contribution < -0.4 is 4.80 Å². The smallest absolute Gasteiger partial charge is 0.326 e. The Hall–Kier alpha value is -2.16. The monoisotopic (exact) mass is 438 g/mol. The predicted molar refractivity (Wildman–Crippen MR) is 110 cm³/mol. The second-order valence-corrected chi connectivity index (χ2v) is 9.24. The van der Waals surface area contributed by atoms with Crippen LogP contribution in [-0.4, -0.2) is 25.6 Å². The number of carbonyl (C=O) groups excluding carboxylic acids is 1. The van der Waals surface area contributed by atoms with Gasteiger partial charge in [-0.2, -0.15) is 8.42 Å². The van der Waals surface area contributed by atoms with Gasteiger partial charge < -0.3 is 9.30 Å². The number of sulfonamides is 1. The van der Waals surface area contributed by atoms with Gasteiger partial charge in [-0.25, -0.2) is 0 Å². The summed E-state index contributed by atoms with van der Waals surface area (Å²) in [6.45, 7) is 5.73. The number of halogens is 1. The van der Waals surface area contributed by atoms with E-state index in [4.69, 9.17) is 16.3 Å². The normalized spacial score (nSPS) is 12.5. The Morgan fingerprint density at radius 1 is 1.21 bits per heavy atom. The van der Waals surface area contributed by atoms with E-state index >= 15 is 0 Å². The van der Waals surface area contributed by atoms with Crippen LogP contribution in [0.4, 0.5) is 0 Å². The average molecular weight is 439 g/mol. The first-order valence-corrected chi connectivity index (χ1v) is 11.2. The predicted octanol–water partition coefficient (Wildman–Crippen LogP) is 3.83. The average Bonchev–Trinajstić information content (AvgIpc) is 2.93. The number of thiazole rings is 1. The maximum absolute atomic E-state index is 12.8. The van der Waals surface area contributed by atoms with Crippen molar-refractivity contribution in [1.29, 1.82) is 0 Å². The molecule has 1 aromatic heterocycles. The van der Waals surface area contributed by atoms with E-state index < -0.39 is 16.0 Å². The summed E-state index contributed by atoms with van der Waals surface area (Å²) in [5.74, 6) is -0.452. The molecule has 0 unspecified atom stereocenters. The quantitative estimate of drug-likeness (QED) is 0.567. The Morgan fingerprint density at radius 3 is 2.54 bits per heavy atom. The highest BCUT2D eigenvalue weighted by molar-refractivity contribution is 7.90. The summed E-state index contributed by atoms with van der Waals surface area (Å²) < 4.78 is 37.1. The fourth-order valence-electron chi connectivity index (χ4n) is 2.83. The zero-order valence-corrected chi connectivity index (χ0v) is 18.0. The first-order chi connectivity index (χ1) is 13.2. The van der Waals surface area contributed by atoms with E-state index in [1.807, 2.05) is 26.0 Å². The zero-order chi connectivity index (χ0) is 20.5. The van der Waals surface area contributed by atoms with E-state index in [0.29, 0.717) is 5.02 Å². The van der Waals surface area contributed by atoms with Crippen LogP contribution in [0.1, 0.15) is 18.1 Å². The van der Waals surface area contributed by atoms with Crippen molar-refractivity contribution in [3.05, 3.63) is 57.3 Å². The lowest BCUT2D eigenvalue weighted by Crippen LogP contribution is -2.23. The maximum atomic E-state index is 12.8. The first-order valence-electron chi connectivity index (χ1n) is 8.54. The lowest BCUT2D eigenvalue weighted by atomic mass is 10.1. The summed E-state index contributed by atoms with van der Waals surface area (Å²) in [7, 11) is -3.97. The largest absolute Gasteiger partial charge is 0.465 e. The van der Waals surface area contributed by atoms with Gasteiger partial charge in [-0.1, -0.05) is 29.0 Å². The fraction of sp³-hybridized carbons (Fsp3) is 0.263. The number of fused-ring (bicyclic) bond motifs is 1. The molecule has 0 fully saturated rings. The topological polar surface area (TPSA) is 77.7 Å². The summed E-state index contributed by atoms with van der Waals surface area (Å²) in [5, 5.41) is 0.435. The molecular weight excluding hydrogens is 420 g/mol. The summed E-state index contributed by atoms with van der Waals surface area (Å²) in [4.78, 5) is 12.4. The van der Waals surface area contributed by atoms with E-state index in [0.717, 1.165) is 21.3 Å². The molecule has 0 N–H and O–H groups in total. The van der Waals surface area contributed by atoms with Gasteiger partial charge in [-0.3, -0.25) is 4.79 Å². The number of nitrogens with zero attached hydrogens (tertiary/aromatic N) is 2. The molecule has 0 saturated carbocycles. The molecule has 1 heterocycles. The van der Waals surface area contributed by atoms with Crippen molar-refractivity contribution in [2.75, 3.05) is 6.61 Å². The van der Waals surface area contributed by atoms with Gasteiger partial charge in [0.2, 0.25) is 4.80 Å². The molecule has 0 aliphatic carbocycles. The minimum absolute atomic E-state index is 0.0324. The van der Waals surface area contributed by atoms with Crippen LogP contribution in [-0.2, 0) is 26.1 Å². The van der Waals surface area contributed by atoms with Crippen molar-refractivity contribution < 1.29 is 17.9 Å². The van der Waals surface area contributed by atoms with Crippen LogP contribution in [0, 0.1) is 13.8 Å². The van der Waals surface area contributed by atoms with Gasteiger partial charge in [-0.05, 0) is 62.2 Å². The van der Waals surface area contributed by atoms with Crippen molar-refractivity contribution in [1.82, 2.24) is 4.57 Å². The second kappa shape index (κ2) is 8.06. The molecule has 9 heteroatoms. The van der Waals surface area contributed by atoms with E-state index in [9.17, 15) is 13.2 Å². The van der Waals surface area contributed by atoms with E-state index in [1.54, 1.807) is 11.5 Å². The van der Waals surface area contributed by atoms with Gasteiger partial charge in [0, 0.05) is 5.02 Å². The van der Waals surface area contributed by atoms with Crippen LogP contribution >= 0.6 is 22.9 Å². The number of aryl methyl sites for hydroxylation is 2. The third kappa shape index (κ3) is 4.29. The summed E-state index contributed by atoms with van der Waals surface area (Å²) in [5.41, 5.74) is 2.75. The second-order valence-electron chi connectivity index (χ2n) is 6.23. The number of rotatable bonds is 5. The number of aromatic nitrogens is 1. The van der Waals surface area contributed by atoms with Gasteiger partial charge in [-0.15, -0.1) is 4.40 Å². The Labute approximate surface area is 172 Å². The Morgan fingerprint density at radius 2 is 1.89 bits per heavy atom. The summed E-state index contributed by atoms with van der Waals surface area (Å²) in [6.07, 6.45) is 0. The van der Waals surface area contributed by atoms with Crippen molar-refractivity contribution in [3.63, 3.8) is 0 Å².